The van der Waals surface area contributed by atoms with Crippen molar-refractivity contribution in [2.24, 2.45) is 0 Å². The van der Waals surface area contributed by atoms with Gasteiger partial charge in [-0.25, -0.2) is 0 Å². The van der Waals surface area contributed by atoms with Crippen molar-refractivity contribution in [3.63, 3.8) is 0 Å². The molecule has 2 aliphatic heterocycles. The predicted molar refractivity (Wildman–Crippen MR) is 103 cm³/mol. The average molecular weight is 381 g/mol. The number of carbonyl (C=O) groups excluding carboxylic acids is 2. The fraction of sp³-hybridized carbons (Fsp3) is 0.591. The lowest BCUT2D eigenvalue weighted by atomic mass is 9.82. The summed E-state index contributed by atoms with van der Waals surface area (Å²) in [5.41, 5.74) is 0.191. The molecular formula is C22H27N3O3. The molecule has 2 amide bonds. The Morgan fingerprint density at radius 1 is 1.14 bits per heavy atom. The molecular weight excluding hydrogens is 354 g/mol. The zero-order valence-electron chi connectivity index (χ0n) is 16.1. The van der Waals surface area contributed by atoms with Crippen molar-refractivity contribution in [1.82, 2.24) is 9.80 Å². The van der Waals surface area contributed by atoms with Crippen LogP contribution in [-0.4, -0.2) is 57.5 Å². The molecule has 1 aromatic rings. The van der Waals surface area contributed by atoms with Crippen LogP contribution in [0.15, 0.2) is 24.3 Å². The fourth-order valence-corrected chi connectivity index (χ4v) is 5.27. The molecule has 1 atom stereocenters. The van der Waals surface area contributed by atoms with Crippen LogP contribution < -0.4 is 0 Å². The number of nitrogens with zero attached hydrogens (tertiary/aromatic N) is 3. The van der Waals surface area contributed by atoms with Gasteiger partial charge in [-0.1, -0.05) is 6.07 Å². The molecule has 3 fully saturated rings. The third kappa shape index (κ3) is 3.18. The summed E-state index contributed by atoms with van der Waals surface area (Å²) in [6, 6.07) is 8.99. The van der Waals surface area contributed by atoms with Crippen molar-refractivity contribution in [2.45, 2.75) is 69.1 Å². The molecule has 148 valence electrons. The van der Waals surface area contributed by atoms with Crippen molar-refractivity contribution in [3.05, 3.63) is 35.4 Å². The first kappa shape index (κ1) is 18.9. The zero-order valence-corrected chi connectivity index (χ0v) is 16.1. The highest BCUT2D eigenvalue weighted by molar-refractivity contribution is 6.00. The second kappa shape index (κ2) is 7.56. The minimum absolute atomic E-state index is 0.0856. The third-order valence-electron chi connectivity index (χ3n) is 6.73. The van der Waals surface area contributed by atoms with E-state index < -0.39 is 5.54 Å². The Balaban J connectivity index is 1.59. The van der Waals surface area contributed by atoms with Crippen molar-refractivity contribution in [1.29, 1.82) is 5.26 Å². The van der Waals surface area contributed by atoms with E-state index in [1.807, 2.05) is 4.90 Å². The number of nitriles is 1. The van der Waals surface area contributed by atoms with Crippen LogP contribution in [0.3, 0.4) is 0 Å². The van der Waals surface area contributed by atoms with Gasteiger partial charge in [-0.2, -0.15) is 5.26 Å². The van der Waals surface area contributed by atoms with Gasteiger partial charge in [0.2, 0.25) is 5.91 Å². The number of aliphatic hydroxyl groups excluding tert-OH is 1. The third-order valence-corrected chi connectivity index (χ3v) is 6.73. The summed E-state index contributed by atoms with van der Waals surface area (Å²) in [6.45, 7) is 1.33. The molecule has 1 N–H and O–H groups in total. The van der Waals surface area contributed by atoms with E-state index in [1.165, 1.54) is 0 Å². The lowest BCUT2D eigenvalue weighted by Crippen LogP contribution is -2.63. The van der Waals surface area contributed by atoms with Crippen LogP contribution in [0.5, 0.6) is 0 Å². The van der Waals surface area contributed by atoms with E-state index in [2.05, 4.69) is 6.07 Å². The van der Waals surface area contributed by atoms with Crippen LogP contribution in [0, 0.1) is 11.3 Å². The Morgan fingerprint density at radius 3 is 2.57 bits per heavy atom. The summed E-state index contributed by atoms with van der Waals surface area (Å²) in [4.78, 5) is 30.7. The van der Waals surface area contributed by atoms with Crippen LogP contribution in [0.2, 0.25) is 0 Å². The minimum Gasteiger partial charge on any atom is -0.393 e. The number of amides is 2. The fourth-order valence-electron chi connectivity index (χ4n) is 5.27. The Kier molecular flexibility index (Phi) is 5.11. The molecule has 28 heavy (non-hydrogen) atoms. The molecule has 3 aliphatic rings. The molecule has 6 nitrogen and oxygen atoms in total. The first-order chi connectivity index (χ1) is 13.5. The van der Waals surface area contributed by atoms with Crippen molar-refractivity contribution in [3.8, 4) is 6.07 Å². The van der Waals surface area contributed by atoms with Gasteiger partial charge in [-0.05, 0) is 69.6 Å². The van der Waals surface area contributed by atoms with E-state index in [4.69, 9.17) is 5.26 Å². The van der Waals surface area contributed by atoms with Gasteiger partial charge >= 0.3 is 0 Å². The van der Waals surface area contributed by atoms with Crippen LogP contribution in [0.4, 0.5) is 0 Å². The van der Waals surface area contributed by atoms with E-state index >= 15 is 0 Å². The number of hydrogen-bond donors (Lipinski definition) is 1. The number of rotatable bonds is 2. The Morgan fingerprint density at radius 2 is 1.86 bits per heavy atom. The van der Waals surface area contributed by atoms with Crippen LogP contribution >= 0.6 is 0 Å². The lowest BCUT2D eigenvalue weighted by molar-refractivity contribution is -0.149. The highest BCUT2D eigenvalue weighted by Gasteiger charge is 2.53. The van der Waals surface area contributed by atoms with E-state index in [-0.39, 0.29) is 24.0 Å². The maximum atomic E-state index is 13.6. The van der Waals surface area contributed by atoms with Gasteiger partial charge in [-0.3, -0.25) is 9.59 Å². The van der Waals surface area contributed by atoms with Gasteiger partial charge in [0.25, 0.3) is 5.91 Å². The largest absolute Gasteiger partial charge is 0.393 e. The van der Waals surface area contributed by atoms with Gasteiger partial charge in [-0.15, -0.1) is 0 Å². The molecule has 0 radical (unpaired) electrons. The minimum atomic E-state index is -0.742. The van der Waals surface area contributed by atoms with Crippen molar-refractivity contribution < 1.29 is 14.7 Å². The first-order valence-corrected chi connectivity index (χ1v) is 10.4. The number of piperidine rings is 1. The average Bonchev–Trinajstić information content (AvgIpc) is 3.15. The molecule has 4 rings (SSSR count). The van der Waals surface area contributed by atoms with Gasteiger partial charge < -0.3 is 14.9 Å². The van der Waals surface area contributed by atoms with Crippen LogP contribution in [0.1, 0.15) is 67.3 Å². The number of likely N-dealkylation sites (tertiary alicyclic amines) is 2. The Bertz CT molecular complexity index is 809. The summed E-state index contributed by atoms with van der Waals surface area (Å²) in [5.74, 6) is -0.0636. The van der Waals surface area contributed by atoms with E-state index in [1.54, 1.807) is 29.2 Å². The van der Waals surface area contributed by atoms with Gasteiger partial charge in [0.15, 0.2) is 0 Å². The smallest absolute Gasteiger partial charge is 0.254 e. The zero-order chi connectivity index (χ0) is 19.7. The topological polar surface area (TPSA) is 84.6 Å². The molecule has 1 saturated carbocycles. The molecule has 1 spiro atoms. The molecule has 0 bridgehead atoms. The summed E-state index contributed by atoms with van der Waals surface area (Å²) in [5, 5.41) is 18.9. The molecule has 2 heterocycles. The number of carbonyl (C=O) groups is 2. The molecule has 1 aliphatic carbocycles. The van der Waals surface area contributed by atoms with E-state index in [0.29, 0.717) is 30.5 Å². The van der Waals surface area contributed by atoms with Crippen LogP contribution in [-0.2, 0) is 4.79 Å². The number of benzene rings is 1. The second-order valence-corrected chi connectivity index (χ2v) is 8.35. The predicted octanol–water partition coefficient (Wildman–Crippen LogP) is 2.46. The lowest BCUT2D eigenvalue weighted by Gasteiger charge is -2.48. The maximum Gasteiger partial charge on any atom is 0.254 e. The molecule has 2 saturated heterocycles. The van der Waals surface area contributed by atoms with E-state index in [9.17, 15) is 14.7 Å². The summed E-state index contributed by atoms with van der Waals surface area (Å²) >= 11 is 0. The highest BCUT2D eigenvalue weighted by Crippen LogP contribution is 2.41. The SMILES string of the molecule is N#Cc1cccc(C(=O)N2CCCC23CCCN(C2CCC(O)CC2)C3=O)c1. The number of hydrogen-bond acceptors (Lipinski definition) is 4. The summed E-state index contributed by atoms with van der Waals surface area (Å²) in [6.07, 6.45) is 6.04. The van der Waals surface area contributed by atoms with Gasteiger partial charge in [0.1, 0.15) is 5.54 Å². The molecule has 1 aromatic carbocycles. The number of aliphatic hydroxyl groups is 1. The standard InChI is InChI=1S/C22H27N3O3/c23-15-16-4-1-5-17(14-16)20(27)25-13-3-11-22(25)10-2-12-24(21(22)28)18-6-8-19(26)9-7-18/h1,4-5,14,18-19,26H,2-3,6-13H2. The van der Waals surface area contributed by atoms with Gasteiger partial charge in [0, 0.05) is 24.7 Å². The summed E-state index contributed by atoms with van der Waals surface area (Å²) < 4.78 is 0. The van der Waals surface area contributed by atoms with Crippen molar-refractivity contribution >= 4 is 11.8 Å². The normalized spacial score (nSPS) is 30.5. The van der Waals surface area contributed by atoms with Crippen molar-refractivity contribution in [2.75, 3.05) is 13.1 Å². The quantitative estimate of drug-likeness (QED) is 0.853. The Hall–Kier alpha value is -2.39. The molecule has 6 heteroatoms. The molecule has 1 unspecified atom stereocenters. The van der Waals surface area contributed by atoms with E-state index in [0.717, 1.165) is 45.1 Å². The maximum absolute atomic E-state index is 13.6. The monoisotopic (exact) mass is 381 g/mol. The first-order valence-electron chi connectivity index (χ1n) is 10.4. The highest BCUT2D eigenvalue weighted by atomic mass is 16.3. The Labute approximate surface area is 165 Å². The molecule has 0 aromatic heterocycles. The van der Waals surface area contributed by atoms with Crippen LogP contribution in [0.25, 0.3) is 0 Å². The summed E-state index contributed by atoms with van der Waals surface area (Å²) in [7, 11) is 0. The second-order valence-electron chi connectivity index (χ2n) is 8.35. The van der Waals surface area contributed by atoms with Gasteiger partial charge in [0.05, 0.1) is 17.7 Å².